The van der Waals surface area contributed by atoms with Gasteiger partial charge in [0.2, 0.25) is 0 Å². The van der Waals surface area contributed by atoms with Crippen molar-refractivity contribution in [2.24, 2.45) is 0 Å². The third-order valence-electron chi connectivity index (χ3n) is 12.8. The van der Waals surface area contributed by atoms with Crippen molar-refractivity contribution in [2.45, 2.75) is 104 Å². The van der Waals surface area contributed by atoms with E-state index >= 15 is 0 Å². The van der Waals surface area contributed by atoms with Gasteiger partial charge < -0.3 is 30.0 Å². The molecule has 19 nitrogen and oxygen atoms in total. The maximum absolute atomic E-state index is 12.7. The van der Waals surface area contributed by atoms with Gasteiger partial charge in [0.1, 0.15) is 39.5 Å². The Balaban J connectivity index is 0.000000180. The third kappa shape index (κ3) is 14.3. The van der Waals surface area contributed by atoms with Gasteiger partial charge in [-0.15, -0.1) is 22.7 Å². The van der Waals surface area contributed by atoms with Crippen molar-refractivity contribution in [3.05, 3.63) is 136 Å². The lowest BCUT2D eigenvalue weighted by Crippen LogP contribution is -2.22. The Hall–Kier alpha value is -8.43. The average molecular weight is 1080 g/mol. The second kappa shape index (κ2) is 25.4. The molecule has 21 heteroatoms. The molecule has 2 aliphatic carbocycles. The largest absolute Gasteiger partial charge is 0.497 e. The molecule has 2 fully saturated rings. The van der Waals surface area contributed by atoms with Crippen LogP contribution in [0.1, 0.15) is 107 Å². The Morgan fingerprint density at radius 1 is 0.636 bits per heavy atom. The summed E-state index contributed by atoms with van der Waals surface area (Å²) in [7, 11) is 1.66. The molecule has 0 bridgehead atoms. The summed E-state index contributed by atoms with van der Waals surface area (Å²) in [6, 6.07) is 26.6. The second-order valence-electron chi connectivity index (χ2n) is 18.7. The van der Waals surface area contributed by atoms with Crippen molar-refractivity contribution in [1.82, 2.24) is 39.9 Å². The minimum atomic E-state index is -0.833. The van der Waals surface area contributed by atoms with E-state index in [-0.39, 0.29) is 11.8 Å². The molecule has 6 aromatic heterocycles. The Bertz CT molecular complexity index is 3410. The van der Waals surface area contributed by atoms with Gasteiger partial charge in [-0.2, -0.15) is 10.2 Å². The number of hydrogen-bond acceptors (Lipinski definition) is 16. The number of carbonyl (C=O) groups excluding carboxylic acids is 2. The number of nitrogens with one attached hydrogen (secondary N) is 5. The van der Waals surface area contributed by atoms with E-state index in [0.29, 0.717) is 68.7 Å². The number of rotatable bonds is 15. The molecular formula is C56H60N12O7S2. The van der Waals surface area contributed by atoms with E-state index in [0.717, 1.165) is 81.7 Å². The van der Waals surface area contributed by atoms with E-state index in [4.69, 9.17) is 34.2 Å². The van der Waals surface area contributed by atoms with E-state index in [2.05, 4.69) is 46.4 Å². The van der Waals surface area contributed by atoms with Crippen molar-refractivity contribution < 1.29 is 33.7 Å². The highest BCUT2D eigenvalue weighted by Crippen LogP contribution is 2.37. The van der Waals surface area contributed by atoms with E-state index in [9.17, 15) is 9.59 Å². The molecule has 0 aliphatic heterocycles. The van der Waals surface area contributed by atoms with Crippen LogP contribution in [0, 0.1) is 13.8 Å². The van der Waals surface area contributed by atoms with Crippen LogP contribution in [0.2, 0.25) is 0 Å². The van der Waals surface area contributed by atoms with Crippen molar-refractivity contribution in [3.63, 3.8) is 0 Å². The molecule has 3 aromatic carbocycles. The number of aromatic amines is 1. The molecule has 0 radical (unpaired) electrons. The first-order valence-electron chi connectivity index (χ1n) is 25.5. The molecule has 2 saturated carbocycles. The van der Waals surface area contributed by atoms with Crippen LogP contribution < -0.4 is 35.5 Å². The van der Waals surface area contributed by atoms with Gasteiger partial charge in [0.15, 0.2) is 33.2 Å². The molecule has 6 heterocycles. The van der Waals surface area contributed by atoms with Crippen LogP contribution in [0.5, 0.6) is 28.7 Å². The molecule has 2 aliphatic rings. The molecule has 2 amide bonds. The molecule has 398 valence electrons. The first-order chi connectivity index (χ1) is 37.4. The number of carbonyl (C=O) groups is 3. The summed E-state index contributed by atoms with van der Waals surface area (Å²) in [4.78, 5) is 53.7. The number of aryl methyl sites for hydroxylation is 2. The maximum atomic E-state index is 12.7. The van der Waals surface area contributed by atoms with Crippen LogP contribution in [0.4, 0.5) is 21.9 Å². The zero-order valence-electron chi connectivity index (χ0n) is 43.2. The molecule has 77 heavy (non-hydrogen) atoms. The number of ether oxygens (including phenoxy) is 3. The predicted molar refractivity (Wildman–Crippen MR) is 300 cm³/mol. The fourth-order valence-electron chi connectivity index (χ4n) is 9.03. The number of nitrogens with zero attached hydrogens (tertiary/aromatic N) is 7. The monoisotopic (exact) mass is 1080 g/mol. The maximum Gasteiger partial charge on any atom is 0.300 e. The van der Waals surface area contributed by atoms with Crippen LogP contribution in [-0.4, -0.2) is 82.0 Å². The Labute approximate surface area is 452 Å². The number of methoxy groups -OCH3 is 1. The molecule has 0 spiro atoms. The number of H-pyrrole nitrogens is 1. The highest BCUT2D eigenvalue weighted by atomic mass is 32.1. The minimum absolute atomic E-state index is 0.203. The SMILES string of the molecule is CC(=O)O.COc1ccc(Cn2nc(NC3CCCCC3)c3c(Oc4ccc(C(=O)Nc5ncc(C)s5)cc4)ccnc32)cc1.Cc1cnc(NC(=O)c2ccc(Oc3ccnc4[nH]nc(NC5CCCCC5)c34)cc2)s1. The summed E-state index contributed by atoms with van der Waals surface area (Å²) in [5.74, 6) is 3.68. The van der Waals surface area contributed by atoms with Crippen LogP contribution in [-0.2, 0) is 11.3 Å². The summed E-state index contributed by atoms with van der Waals surface area (Å²) >= 11 is 2.88. The Morgan fingerprint density at radius 3 is 1.61 bits per heavy atom. The lowest BCUT2D eigenvalue weighted by atomic mass is 9.95. The predicted octanol–water partition coefficient (Wildman–Crippen LogP) is 12.6. The van der Waals surface area contributed by atoms with Gasteiger partial charge in [-0.25, -0.2) is 24.6 Å². The normalized spacial score (nSPS) is 13.6. The van der Waals surface area contributed by atoms with Crippen molar-refractivity contribution in [1.29, 1.82) is 0 Å². The summed E-state index contributed by atoms with van der Waals surface area (Å²) in [6.45, 7) is 5.55. The number of hydrogen-bond donors (Lipinski definition) is 6. The highest BCUT2D eigenvalue weighted by molar-refractivity contribution is 7.16. The van der Waals surface area contributed by atoms with Gasteiger partial charge in [0.25, 0.3) is 17.8 Å². The second-order valence-corrected chi connectivity index (χ2v) is 21.1. The van der Waals surface area contributed by atoms with Gasteiger partial charge in [-0.05, 0) is 106 Å². The number of anilines is 4. The summed E-state index contributed by atoms with van der Waals surface area (Å²) in [5.41, 5.74) is 3.57. The molecule has 6 N–H and O–H groups in total. The van der Waals surface area contributed by atoms with Crippen LogP contribution in [0.25, 0.3) is 22.1 Å². The lowest BCUT2D eigenvalue weighted by molar-refractivity contribution is -0.134. The number of carboxylic acid groups (broad SMARTS) is 1. The average Bonchev–Trinajstić information content (AvgIpc) is 4.28. The fourth-order valence-corrected chi connectivity index (χ4v) is 10.3. The molecule has 0 atom stereocenters. The Kier molecular flexibility index (Phi) is 17.6. The fraction of sp³-hybridized carbons (Fsp3) is 0.304. The molecule has 11 rings (SSSR count). The van der Waals surface area contributed by atoms with Crippen molar-refractivity contribution in [2.75, 3.05) is 28.4 Å². The first-order valence-corrected chi connectivity index (χ1v) is 27.2. The number of amides is 2. The molecule has 0 saturated heterocycles. The van der Waals surface area contributed by atoms with Crippen LogP contribution in [0.15, 0.2) is 110 Å². The first kappa shape index (κ1) is 53.4. The zero-order chi connectivity index (χ0) is 53.7. The number of carboxylic acids is 1. The van der Waals surface area contributed by atoms with E-state index in [1.54, 1.807) is 80.4 Å². The smallest absolute Gasteiger partial charge is 0.300 e. The molecule has 9 aromatic rings. The lowest BCUT2D eigenvalue weighted by Gasteiger charge is -2.22. The number of aliphatic carboxylic acids is 1. The number of fused-ring (bicyclic) bond motifs is 2. The number of benzene rings is 3. The molecule has 0 unspecified atom stereocenters. The van der Waals surface area contributed by atoms with Gasteiger partial charge >= 0.3 is 0 Å². The third-order valence-corrected chi connectivity index (χ3v) is 14.4. The summed E-state index contributed by atoms with van der Waals surface area (Å²) < 4.78 is 19.8. The van der Waals surface area contributed by atoms with Crippen LogP contribution >= 0.6 is 22.7 Å². The minimum Gasteiger partial charge on any atom is -0.497 e. The zero-order valence-corrected chi connectivity index (χ0v) is 44.8. The topological polar surface area (TPSA) is 245 Å². The van der Waals surface area contributed by atoms with Crippen molar-refractivity contribution >= 4 is 84.4 Å². The van der Waals surface area contributed by atoms with Gasteiger partial charge in [-0.1, -0.05) is 50.7 Å². The summed E-state index contributed by atoms with van der Waals surface area (Å²) in [5, 5.41) is 35.6. The van der Waals surface area contributed by atoms with Gasteiger partial charge in [0, 0.05) is 76.8 Å². The standard InChI is InChI=1S/C31H32N6O3S.C23H24N6O2S.C2H4O2/c1-20-18-33-31(41-20)35-30(38)22-10-14-25(15-11-22)40-26-16-17-32-29-27(26)28(34-23-6-4-3-5-7-23)36-37(29)19-21-8-12-24(39-2)13-9-21;1-14-13-25-23(32-14)27-22(30)15-7-9-17(10-8-15)31-18-11-12-24-20-19(18)21(29-28-20)26-16-5-3-2-4-6-16;1-2(3)4/h8-18,23H,3-7,19H2,1-2H3,(H,34,36)(H,33,35,38);7-13,16H,2-6H2,1H3,(H,25,27,30)(H2,24,26,28,29);1H3,(H,3,4). The van der Waals surface area contributed by atoms with E-state index < -0.39 is 5.97 Å². The molecular weight excluding hydrogens is 1020 g/mol. The number of pyridine rings is 2. The number of thiazole rings is 2. The number of aromatic nitrogens is 8. The Morgan fingerprint density at radius 2 is 1.12 bits per heavy atom. The summed E-state index contributed by atoms with van der Waals surface area (Å²) in [6.07, 6.45) is 18.9. The highest BCUT2D eigenvalue weighted by Gasteiger charge is 2.23. The van der Waals surface area contributed by atoms with E-state index in [1.165, 1.54) is 61.2 Å². The van der Waals surface area contributed by atoms with Gasteiger partial charge in [0.05, 0.1) is 13.7 Å². The van der Waals surface area contributed by atoms with Crippen molar-refractivity contribution in [3.8, 4) is 28.7 Å². The van der Waals surface area contributed by atoms with Gasteiger partial charge in [-0.3, -0.25) is 30.1 Å². The quantitative estimate of drug-likeness (QED) is 0.0559. The van der Waals surface area contributed by atoms with E-state index in [1.807, 2.05) is 54.9 Å². The van der Waals surface area contributed by atoms with Crippen LogP contribution in [0.3, 0.4) is 0 Å².